The number of ether oxygens (including phenoxy) is 2. The van der Waals surface area contributed by atoms with Gasteiger partial charge in [-0.15, -0.1) is 0 Å². The molecule has 3 N–H and O–H groups in total. The minimum Gasteiger partial charge on any atom is -0.477 e. The maximum Gasteiger partial charge on any atom is 0.405 e. The third kappa shape index (κ3) is 6.42. The van der Waals surface area contributed by atoms with E-state index in [0.717, 1.165) is 36.8 Å². The van der Waals surface area contributed by atoms with E-state index in [-0.39, 0.29) is 31.0 Å². The number of hydrogen-bond donors (Lipinski definition) is 2. The summed E-state index contributed by atoms with van der Waals surface area (Å²) in [6.07, 6.45) is 5.80. The monoisotopic (exact) mass is 588 g/mol. The van der Waals surface area contributed by atoms with Crippen LogP contribution in [-0.2, 0) is 19.6 Å². The number of carbonyl (C=O) groups is 2. The molecule has 0 atom stereocenters. The van der Waals surface area contributed by atoms with Gasteiger partial charge in [-0.25, -0.2) is 18.9 Å². The largest absolute Gasteiger partial charge is 0.477 e. The van der Waals surface area contributed by atoms with Crippen molar-refractivity contribution in [3.8, 4) is 5.75 Å². The van der Waals surface area contributed by atoms with Gasteiger partial charge in [-0.1, -0.05) is 37.5 Å². The highest BCUT2D eigenvalue weighted by molar-refractivity contribution is 7.90. The van der Waals surface area contributed by atoms with Crippen LogP contribution in [0.1, 0.15) is 74.8 Å². The molecule has 1 aromatic carbocycles. The van der Waals surface area contributed by atoms with E-state index in [9.17, 15) is 22.4 Å². The van der Waals surface area contributed by atoms with E-state index in [4.69, 9.17) is 15.2 Å². The first-order valence-electron chi connectivity index (χ1n) is 14.2. The topological polar surface area (TPSA) is 141 Å². The average Bonchev–Trinajstić information content (AvgIpc) is 3.74. The molecule has 10 nitrogen and oxygen atoms in total. The van der Waals surface area contributed by atoms with Crippen LogP contribution >= 0.6 is 0 Å². The molecule has 0 unspecified atom stereocenters. The number of pyridine rings is 1. The number of nitrogens with two attached hydrogens (primary N) is 1. The zero-order valence-corrected chi connectivity index (χ0v) is 24.1. The number of rotatable bonds is 9. The minimum atomic E-state index is -4.30. The van der Waals surface area contributed by atoms with Gasteiger partial charge in [0.05, 0.1) is 0 Å². The van der Waals surface area contributed by atoms with Gasteiger partial charge in [0, 0.05) is 38.8 Å². The summed E-state index contributed by atoms with van der Waals surface area (Å²) < 4.78 is 53.7. The zero-order valence-electron chi connectivity index (χ0n) is 23.2. The first-order chi connectivity index (χ1) is 19.5. The molecular formula is C29H37FN4O6S. The summed E-state index contributed by atoms with van der Waals surface area (Å²) in [6.45, 7) is 1.64. The van der Waals surface area contributed by atoms with Crippen molar-refractivity contribution >= 4 is 27.8 Å². The van der Waals surface area contributed by atoms with Crippen LogP contribution in [0.25, 0.3) is 0 Å². The number of benzene rings is 1. The van der Waals surface area contributed by atoms with E-state index in [1.165, 1.54) is 18.6 Å². The van der Waals surface area contributed by atoms with Crippen LogP contribution in [0.15, 0.2) is 41.4 Å². The number of aromatic nitrogens is 1. The Hall–Kier alpha value is -3.41. The number of piperidine rings is 1. The fourth-order valence-corrected chi connectivity index (χ4v) is 6.80. The molecule has 2 aliphatic carbocycles. The molecule has 222 valence electrons. The van der Waals surface area contributed by atoms with Crippen LogP contribution in [0.3, 0.4) is 0 Å². The van der Waals surface area contributed by atoms with Crippen molar-refractivity contribution in [1.29, 1.82) is 0 Å². The summed E-state index contributed by atoms with van der Waals surface area (Å²) in [5.41, 5.74) is 4.64. The van der Waals surface area contributed by atoms with Gasteiger partial charge >= 0.3 is 6.09 Å². The lowest BCUT2D eigenvalue weighted by molar-refractivity contribution is -0.128. The fraction of sp³-hybridized carbons (Fsp3) is 0.552. The van der Waals surface area contributed by atoms with Crippen molar-refractivity contribution in [3.63, 3.8) is 0 Å². The van der Waals surface area contributed by atoms with Crippen LogP contribution < -0.4 is 20.1 Å². The Kier molecular flexibility index (Phi) is 8.13. The molecule has 3 fully saturated rings. The fourth-order valence-electron chi connectivity index (χ4n) is 5.80. The SMILES string of the molecule is Cc1ccc(C2CCCCC2)c(OC2(C(=O)NS(=O)(=O)c3cccc(N4CCC(CF)(OC(N)=O)CC4)n3)CC2)c1. The maximum atomic E-state index is 13.6. The average molecular weight is 589 g/mol. The summed E-state index contributed by atoms with van der Waals surface area (Å²) in [4.78, 5) is 30.6. The van der Waals surface area contributed by atoms with Crippen molar-refractivity contribution in [2.45, 2.75) is 86.9 Å². The summed E-state index contributed by atoms with van der Waals surface area (Å²) in [5.74, 6) is 0.647. The van der Waals surface area contributed by atoms with E-state index < -0.39 is 39.9 Å². The molecule has 12 heteroatoms. The van der Waals surface area contributed by atoms with E-state index in [1.54, 1.807) is 11.0 Å². The van der Waals surface area contributed by atoms with Gasteiger partial charge in [-0.3, -0.25) is 4.79 Å². The van der Waals surface area contributed by atoms with Crippen molar-refractivity contribution in [2.24, 2.45) is 5.73 Å². The molecular weight excluding hydrogens is 551 g/mol. The van der Waals surface area contributed by atoms with Gasteiger partial charge in [0.1, 0.15) is 23.8 Å². The predicted octanol–water partition coefficient (Wildman–Crippen LogP) is 4.26. The highest BCUT2D eigenvalue weighted by Crippen LogP contribution is 2.45. The molecule has 2 aromatic rings. The Morgan fingerprint density at radius 2 is 1.80 bits per heavy atom. The Balaban J connectivity index is 1.28. The first kappa shape index (κ1) is 29.1. The molecule has 2 heterocycles. The van der Waals surface area contributed by atoms with E-state index >= 15 is 0 Å². The van der Waals surface area contributed by atoms with Gasteiger partial charge < -0.3 is 20.1 Å². The molecule has 0 bridgehead atoms. The molecule has 41 heavy (non-hydrogen) atoms. The van der Waals surface area contributed by atoms with E-state index in [0.29, 0.717) is 30.3 Å². The number of anilines is 1. The van der Waals surface area contributed by atoms with Gasteiger partial charge in [-0.2, -0.15) is 8.42 Å². The van der Waals surface area contributed by atoms with Gasteiger partial charge in [0.25, 0.3) is 15.9 Å². The number of halogens is 1. The number of aryl methyl sites for hydroxylation is 1. The van der Waals surface area contributed by atoms with Crippen molar-refractivity contribution in [2.75, 3.05) is 24.7 Å². The number of amides is 2. The summed E-state index contributed by atoms with van der Waals surface area (Å²) >= 11 is 0. The summed E-state index contributed by atoms with van der Waals surface area (Å²) in [6, 6.07) is 10.5. The van der Waals surface area contributed by atoms with Crippen molar-refractivity contribution in [1.82, 2.24) is 9.71 Å². The van der Waals surface area contributed by atoms with Crippen LogP contribution in [-0.4, -0.2) is 56.4 Å². The van der Waals surface area contributed by atoms with Gasteiger partial charge in [0.15, 0.2) is 10.6 Å². The van der Waals surface area contributed by atoms with Crippen LogP contribution in [0.2, 0.25) is 0 Å². The molecule has 3 aliphatic rings. The molecule has 0 radical (unpaired) electrons. The van der Waals surface area contributed by atoms with Gasteiger partial charge in [0.2, 0.25) is 0 Å². The third-order valence-electron chi connectivity index (χ3n) is 8.41. The van der Waals surface area contributed by atoms with Crippen molar-refractivity contribution < 1.29 is 31.9 Å². The zero-order chi connectivity index (χ0) is 29.3. The summed E-state index contributed by atoms with van der Waals surface area (Å²) in [7, 11) is -4.30. The highest BCUT2D eigenvalue weighted by Gasteiger charge is 2.54. The summed E-state index contributed by atoms with van der Waals surface area (Å²) in [5, 5.41) is -0.312. The number of hydrogen-bond acceptors (Lipinski definition) is 8. The molecule has 1 saturated heterocycles. The minimum absolute atomic E-state index is 0.170. The van der Waals surface area contributed by atoms with Crippen LogP contribution in [0.5, 0.6) is 5.75 Å². The van der Waals surface area contributed by atoms with Gasteiger partial charge in [-0.05, 0) is 55.0 Å². The third-order valence-corrected chi connectivity index (χ3v) is 9.64. The lowest BCUT2D eigenvalue weighted by Gasteiger charge is -2.39. The van der Waals surface area contributed by atoms with Crippen LogP contribution in [0, 0.1) is 6.92 Å². The Labute approximate surface area is 239 Å². The molecule has 1 aromatic heterocycles. The number of nitrogens with zero attached hydrogens (tertiary/aromatic N) is 2. The quantitative estimate of drug-likeness (QED) is 0.443. The maximum absolute atomic E-state index is 13.6. The number of primary amides is 1. The smallest absolute Gasteiger partial charge is 0.405 e. The number of sulfonamides is 1. The molecule has 5 rings (SSSR count). The second-order valence-corrected chi connectivity index (χ2v) is 13.1. The standard InChI is InChI=1S/C29H37FN4O6S/c1-20-10-11-22(21-6-3-2-4-7-21)23(18-20)39-29(12-13-29)26(35)33-41(37,38)25-9-5-8-24(32-25)34-16-14-28(19-30,15-17-34)40-27(31)36/h5,8-11,18,21H,2-4,6-7,12-17,19H2,1H3,(H2,31,36)(H,33,35). The normalized spacial score (nSPS) is 20.2. The lowest BCUT2D eigenvalue weighted by atomic mass is 9.83. The Morgan fingerprint density at radius 1 is 1.10 bits per heavy atom. The van der Waals surface area contributed by atoms with E-state index in [1.807, 2.05) is 19.1 Å². The predicted molar refractivity (Wildman–Crippen MR) is 150 cm³/mol. The Bertz CT molecular complexity index is 1400. The second-order valence-electron chi connectivity index (χ2n) is 11.5. The van der Waals surface area contributed by atoms with Crippen molar-refractivity contribution in [3.05, 3.63) is 47.5 Å². The first-order valence-corrected chi connectivity index (χ1v) is 15.7. The lowest BCUT2D eigenvalue weighted by Crippen LogP contribution is -2.49. The van der Waals surface area contributed by atoms with Crippen LogP contribution in [0.4, 0.5) is 15.0 Å². The Morgan fingerprint density at radius 3 is 2.44 bits per heavy atom. The molecule has 2 amide bonds. The second kappa shape index (κ2) is 11.5. The van der Waals surface area contributed by atoms with E-state index in [2.05, 4.69) is 15.8 Å². The number of carbonyl (C=O) groups excluding carboxylic acids is 2. The molecule has 1 aliphatic heterocycles. The highest BCUT2D eigenvalue weighted by atomic mass is 32.2. The number of nitrogens with one attached hydrogen (secondary N) is 1. The number of alkyl halides is 1. The molecule has 0 spiro atoms. The molecule has 2 saturated carbocycles.